The maximum absolute atomic E-state index is 14.6. The maximum atomic E-state index is 14.6. The lowest BCUT2D eigenvalue weighted by Gasteiger charge is -2.28. The van der Waals surface area contributed by atoms with E-state index >= 15 is 0 Å². The highest BCUT2D eigenvalue weighted by molar-refractivity contribution is 7.98. The Morgan fingerprint density at radius 2 is 1.78 bits per heavy atom. The largest absolute Gasteiger partial charge is 0.382 e. The summed E-state index contributed by atoms with van der Waals surface area (Å²) >= 11 is 13.8. The van der Waals surface area contributed by atoms with Crippen LogP contribution in [0.15, 0.2) is 82.3 Å². The van der Waals surface area contributed by atoms with E-state index in [-0.39, 0.29) is 17.2 Å². The Hall–Kier alpha value is -3.27. The summed E-state index contributed by atoms with van der Waals surface area (Å²) in [6.07, 6.45) is 1.78. The smallest absolute Gasteiger partial charge is 0.173 e. The molecule has 1 heterocycles. The molecule has 11 heteroatoms. The molecule has 0 radical (unpaired) electrons. The van der Waals surface area contributed by atoms with E-state index < -0.39 is 11.2 Å². The van der Waals surface area contributed by atoms with Crippen LogP contribution in [0.5, 0.6) is 0 Å². The normalized spacial score (nSPS) is 12.1. The van der Waals surface area contributed by atoms with Gasteiger partial charge in [-0.25, -0.2) is 13.8 Å². The van der Waals surface area contributed by atoms with Crippen LogP contribution in [0, 0.1) is 17.2 Å². The van der Waals surface area contributed by atoms with Crippen LogP contribution in [0.3, 0.4) is 0 Å². The van der Waals surface area contributed by atoms with E-state index in [2.05, 4.69) is 15.3 Å². The topological polar surface area (TPSA) is 92.4 Å². The maximum Gasteiger partial charge on any atom is 0.173 e. The molecule has 0 aliphatic heterocycles. The van der Waals surface area contributed by atoms with Crippen molar-refractivity contribution >= 4 is 40.8 Å². The van der Waals surface area contributed by atoms with Crippen molar-refractivity contribution in [3.8, 4) is 5.69 Å². The molecule has 3 N–H and O–H groups in total. The van der Waals surface area contributed by atoms with Crippen molar-refractivity contribution in [2.24, 2.45) is 16.1 Å². The number of halogens is 4. The Bertz CT molecular complexity index is 1490. The molecule has 0 saturated carbocycles. The number of rotatable bonds is 8. The summed E-state index contributed by atoms with van der Waals surface area (Å²) in [6.45, 7) is 4.09. The van der Waals surface area contributed by atoms with Crippen molar-refractivity contribution in [1.29, 1.82) is 5.53 Å². The number of aromatic nitrogens is 2. The van der Waals surface area contributed by atoms with Crippen LogP contribution in [0.4, 0.5) is 8.78 Å². The van der Waals surface area contributed by atoms with E-state index in [0.29, 0.717) is 26.5 Å². The molecule has 0 amide bonds. The van der Waals surface area contributed by atoms with E-state index in [0.717, 1.165) is 16.9 Å². The van der Waals surface area contributed by atoms with Gasteiger partial charge in [-0.15, -0.1) is 5.10 Å². The third-order valence-electron chi connectivity index (χ3n) is 5.93. The molecular formula is C26H22Cl2F2N6S. The highest BCUT2D eigenvalue weighted by Crippen LogP contribution is 2.38. The van der Waals surface area contributed by atoms with Gasteiger partial charge in [0.2, 0.25) is 0 Å². The van der Waals surface area contributed by atoms with E-state index in [4.69, 9.17) is 34.5 Å². The Morgan fingerprint density at radius 1 is 1.05 bits per heavy atom. The van der Waals surface area contributed by atoms with Crippen LogP contribution >= 0.6 is 35.0 Å². The van der Waals surface area contributed by atoms with Gasteiger partial charge in [-0.3, -0.25) is 4.57 Å². The highest BCUT2D eigenvalue weighted by Gasteiger charge is 2.30. The van der Waals surface area contributed by atoms with Crippen molar-refractivity contribution in [2.45, 2.75) is 30.2 Å². The Morgan fingerprint density at radius 3 is 2.43 bits per heavy atom. The predicted molar refractivity (Wildman–Crippen MR) is 144 cm³/mol. The number of nitrogens with two attached hydrogens (primary N) is 1. The fraction of sp³-hybridized carbons (Fsp3) is 0.154. The first kappa shape index (κ1) is 26.8. The number of hydrogen-bond donors (Lipinski definition) is 2. The molecule has 0 spiro atoms. The molecular weight excluding hydrogens is 537 g/mol. The van der Waals surface area contributed by atoms with Gasteiger partial charge in [0.25, 0.3) is 0 Å². The van der Waals surface area contributed by atoms with Crippen molar-refractivity contribution < 1.29 is 8.78 Å². The van der Waals surface area contributed by atoms with E-state index in [1.807, 2.05) is 30.5 Å². The first-order valence-electron chi connectivity index (χ1n) is 11.0. The second kappa shape index (κ2) is 11.0. The molecule has 0 aliphatic rings. The Balaban J connectivity index is 1.72. The zero-order valence-corrected chi connectivity index (χ0v) is 22.2. The summed E-state index contributed by atoms with van der Waals surface area (Å²) in [6, 6.07) is 16.2. The lowest BCUT2D eigenvalue weighted by Crippen LogP contribution is -2.23. The average Bonchev–Trinajstić information content (AvgIpc) is 3.30. The standard InChI is InChI=1S/C26H22Cl2F2N6S/c1-26(2,16-4-10-20(27)21(28)12-16)23-13-33-25(36(23)18-7-5-17(29)6-8-18)37-14-15-3-9-19(22(30)11-15)24(31)34-35-32/h3-13H,14H2,1-2H3,(H3,31,32,34). The summed E-state index contributed by atoms with van der Waals surface area (Å²) in [5.74, 6) is -0.680. The number of benzene rings is 3. The molecule has 3 aromatic carbocycles. The Kier molecular flexibility index (Phi) is 7.96. The van der Waals surface area contributed by atoms with E-state index in [1.54, 1.807) is 30.5 Å². The fourth-order valence-electron chi connectivity index (χ4n) is 3.86. The molecule has 4 aromatic rings. The first-order chi connectivity index (χ1) is 17.6. The van der Waals surface area contributed by atoms with Crippen molar-refractivity contribution in [3.63, 3.8) is 0 Å². The molecule has 0 unspecified atom stereocenters. The molecule has 190 valence electrons. The van der Waals surface area contributed by atoms with Crippen LogP contribution in [0.25, 0.3) is 5.69 Å². The first-order valence-corrected chi connectivity index (χ1v) is 12.8. The van der Waals surface area contributed by atoms with Crippen LogP contribution in [-0.4, -0.2) is 15.4 Å². The third-order valence-corrected chi connectivity index (χ3v) is 7.69. The van der Waals surface area contributed by atoms with Gasteiger partial charge in [-0.05, 0) is 59.7 Å². The summed E-state index contributed by atoms with van der Waals surface area (Å²) in [7, 11) is 0. The SMILES string of the molecule is CC(C)(c1ccc(Cl)c(Cl)c1)c1cnc(SCc2ccc(C(N)=NN=N)c(F)c2)n1-c1ccc(F)cc1. The van der Waals surface area contributed by atoms with Crippen LogP contribution in [0.2, 0.25) is 10.0 Å². The molecule has 0 bridgehead atoms. The van der Waals surface area contributed by atoms with Gasteiger partial charge < -0.3 is 5.73 Å². The van der Waals surface area contributed by atoms with Crippen molar-refractivity contribution in [2.75, 3.05) is 0 Å². The highest BCUT2D eigenvalue weighted by atomic mass is 35.5. The van der Waals surface area contributed by atoms with Gasteiger partial charge >= 0.3 is 0 Å². The molecule has 0 aliphatic carbocycles. The summed E-state index contributed by atoms with van der Waals surface area (Å²) in [5.41, 5.74) is 15.2. The minimum absolute atomic E-state index is 0.0724. The molecule has 4 rings (SSSR count). The van der Waals surface area contributed by atoms with Gasteiger partial charge in [0, 0.05) is 16.9 Å². The number of nitrogens with zero attached hydrogens (tertiary/aromatic N) is 4. The van der Waals surface area contributed by atoms with Gasteiger partial charge in [0.05, 0.1) is 27.5 Å². The summed E-state index contributed by atoms with van der Waals surface area (Å²) < 4.78 is 30.3. The van der Waals surface area contributed by atoms with Crippen molar-refractivity contribution in [1.82, 2.24) is 9.55 Å². The van der Waals surface area contributed by atoms with Crippen LogP contribution in [0.1, 0.15) is 36.2 Å². The lowest BCUT2D eigenvalue weighted by molar-refractivity contribution is 0.591. The third kappa shape index (κ3) is 5.69. The number of nitrogens with one attached hydrogen (secondary N) is 1. The molecule has 6 nitrogen and oxygen atoms in total. The zero-order chi connectivity index (χ0) is 26.7. The zero-order valence-electron chi connectivity index (χ0n) is 19.8. The van der Waals surface area contributed by atoms with Gasteiger partial charge in [0.15, 0.2) is 11.0 Å². The summed E-state index contributed by atoms with van der Waals surface area (Å²) in [5, 5.41) is 7.77. The minimum Gasteiger partial charge on any atom is -0.382 e. The van der Waals surface area contributed by atoms with E-state index in [9.17, 15) is 8.78 Å². The van der Waals surface area contributed by atoms with Crippen LogP contribution < -0.4 is 5.73 Å². The number of amidine groups is 1. The van der Waals surface area contributed by atoms with Crippen molar-refractivity contribution in [3.05, 3.63) is 111 Å². The summed E-state index contributed by atoms with van der Waals surface area (Å²) in [4.78, 5) is 4.66. The average molecular weight is 559 g/mol. The van der Waals surface area contributed by atoms with Crippen LogP contribution in [-0.2, 0) is 11.2 Å². The Labute approximate surface area is 227 Å². The number of thioether (sulfide) groups is 1. The molecule has 37 heavy (non-hydrogen) atoms. The second-order valence-electron chi connectivity index (χ2n) is 8.68. The van der Waals surface area contributed by atoms with Gasteiger partial charge in [-0.1, -0.05) is 66.2 Å². The quantitative estimate of drug-likeness (QED) is 0.0761. The second-order valence-corrected chi connectivity index (χ2v) is 10.4. The monoisotopic (exact) mass is 558 g/mol. The molecule has 1 aromatic heterocycles. The molecule has 0 saturated heterocycles. The number of hydrogen-bond acceptors (Lipinski definition) is 4. The lowest BCUT2D eigenvalue weighted by atomic mass is 9.81. The minimum atomic E-state index is -0.564. The van der Waals surface area contributed by atoms with E-state index in [1.165, 1.54) is 36.0 Å². The molecule has 0 atom stereocenters. The van der Waals surface area contributed by atoms with Gasteiger partial charge in [0.1, 0.15) is 11.6 Å². The fourth-order valence-corrected chi connectivity index (χ4v) is 5.10. The predicted octanol–water partition coefficient (Wildman–Crippen LogP) is 7.73. The number of imidazole rings is 1. The molecule has 0 fully saturated rings. The van der Waals surface area contributed by atoms with Gasteiger partial charge in [-0.2, -0.15) is 5.53 Å².